The SMILES string of the molecule is CN=C(NCc1cccc(OC)c1)NCc1cccc(C(F)(F)F)c1.I. The molecule has 0 unspecified atom stereocenters. The van der Waals surface area contributed by atoms with Crippen molar-refractivity contribution in [2.75, 3.05) is 14.2 Å². The van der Waals surface area contributed by atoms with Crippen molar-refractivity contribution in [3.05, 3.63) is 65.2 Å². The van der Waals surface area contributed by atoms with Gasteiger partial charge < -0.3 is 15.4 Å². The van der Waals surface area contributed by atoms with Crippen LogP contribution in [0, 0.1) is 0 Å². The molecule has 0 fully saturated rings. The number of nitrogens with one attached hydrogen (secondary N) is 2. The predicted octanol–water partition coefficient (Wildman–Crippen LogP) is 4.20. The van der Waals surface area contributed by atoms with Crippen LogP contribution in [0.2, 0.25) is 0 Å². The first-order valence-corrected chi connectivity index (χ1v) is 7.66. The molecule has 2 aromatic carbocycles. The first-order valence-electron chi connectivity index (χ1n) is 7.66. The Bertz CT molecular complexity index is 736. The third-order valence-corrected chi connectivity index (χ3v) is 3.53. The average molecular weight is 479 g/mol. The van der Waals surface area contributed by atoms with Gasteiger partial charge in [-0.05, 0) is 35.4 Å². The molecule has 8 heteroatoms. The zero-order valence-electron chi connectivity index (χ0n) is 14.4. The molecule has 2 N–H and O–H groups in total. The molecule has 0 saturated carbocycles. The van der Waals surface area contributed by atoms with Crippen LogP contribution in [0.25, 0.3) is 0 Å². The van der Waals surface area contributed by atoms with Crippen molar-refractivity contribution in [3.8, 4) is 5.75 Å². The number of benzene rings is 2. The van der Waals surface area contributed by atoms with Gasteiger partial charge in [-0.15, -0.1) is 24.0 Å². The highest BCUT2D eigenvalue weighted by atomic mass is 127. The van der Waals surface area contributed by atoms with Crippen LogP contribution in [0.4, 0.5) is 13.2 Å². The van der Waals surface area contributed by atoms with E-state index in [1.807, 2.05) is 24.3 Å². The summed E-state index contributed by atoms with van der Waals surface area (Å²) in [6, 6.07) is 12.8. The molecule has 0 radical (unpaired) electrons. The van der Waals surface area contributed by atoms with E-state index in [1.165, 1.54) is 6.07 Å². The standard InChI is InChI=1S/C18H20F3N3O.HI/c1-22-17(24-12-14-6-4-8-16(10-14)25-2)23-11-13-5-3-7-15(9-13)18(19,20)21;/h3-10H,11-12H2,1-2H3,(H2,22,23,24);1H. The molecule has 0 heterocycles. The second-order valence-electron chi connectivity index (χ2n) is 5.33. The zero-order chi connectivity index (χ0) is 18.3. The van der Waals surface area contributed by atoms with E-state index in [4.69, 9.17) is 4.74 Å². The molecule has 0 saturated heterocycles. The summed E-state index contributed by atoms with van der Waals surface area (Å²) < 4.78 is 43.4. The number of ether oxygens (including phenoxy) is 1. The fourth-order valence-corrected chi connectivity index (χ4v) is 2.23. The molecule has 0 aliphatic rings. The van der Waals surface area contributed by atoms with Gasteiger partial charge in [0, 0.05) is 20.1 Å². The topological polar surface area (TPSA) is 45.7 Å². The smallest absolute Gasteiger partial charge is 0.416 e. The number of hydrogen-bond donors (Lipinski definition) is 2. The van der Waals surface area contributed by atoms with Crippen LogP contribution in [0.15, 0.2) is 53.5 Å². The van der Waals surface area contributed by atoms with Crippen molar-refractivity contribution in [1.82, 2.24) is 10.6 Å². The van der Waals surface area contributed by atoms with E-state index >= 15 is 0 Å². The van der Waals surface area contributed by atoms with Gasteiger partial charge in [0.2, 0.25) is 0 Å². The number of aliphatic imine (C=N–C) groups is 1. The van der Waals surface area contributed by atoms with Crippen LogP contribution in [0.3, 0.4) is 0 Å². The van der Waals surface area contributed by atoms with Crippen LogP contribution < -0.4 is 15.4 Å². The molecular formula is C18H21F3IN3O. The Labute approximate surface area is 167 Å². The highest BCUT2D eigenvalue weighted by molar-refractivity contribution is 14.0. The Morgan fingerprint density at radius 1 is 1.00 bits per heavy atom. The Morgan fingerprint density at radius 3 is 2.12 bits per heavy atom. The molecule has 0 spiro atoms. The highest BCUT2D eigenvalue weighted by Gasteiger charge is 2.30. The number of methoxy groups -OCH3 is 1. The summed E-state index contributed by atoms with van der Waals surface area (Å²) in [5.41, 5.74) is 0.867. The van der Waals surface area contributed by atoms with Gasteiger partial charge >= 0.3 is 6.18 Å². The number of guanidine groups is 1. The molecule has 0 aliphatic carbocycles. The lowest BCUT2D eigenvalue weighted by Gasteiger charge is -2.13. The van der Waals surface area contributed by atoms with E-state index < -0.39 is 11.7 Å². The highest BCUT2D eigenvalue weighted by Crippen LogP contribution is 2.29. The second-order valence-corrected chi connectivity index (χ2v) is 5.33. The lowest BCUT2D eigenvalue weighted by atomic mass is 10.1. The first-order chi connectivity index (χ1) is 11.9. The minimum Gasteiger partial charge on any atom is -0.497 e. The fourth-order valence-electron chi connectivity index (χ4n) is 2.23. The van der Waals surface area contributed by atoms with Gasteiger partial charge in [-0.3, -0.25) is 4.99 Å². The number of hydrogen-bond acceptors (Lipinski definition) is 2. The summed E-state index contributed by atoms with van der Waals surface area (Å²) in [7, 11) is 3.20. The minimum absolute atomic E-state index is 0. The fraction of sp³-hybridized carbons (Fsp3) is 0.278. The summed E-state index contributed by atoms with van der Waals surface area (Å²) in [6.07, 6.45) is -4.34. The van der Waals surface area contributed by atoms with Gasteiger partial charge in [-0.25, -0.2) is 0 Å². The average Bonchev–Trinajstić information content (AvgIpc) is 2.61. The van der Waals surface area contributed by atoms with E-state index in [1.54, 1.807) is 20.2 Å². The van der Waals surface area contributed by atoms with Crippen LogP contribution in [-0.2, 0) is 19.3 Å². The van der Waals surface area contributed by atoms with Crippen LogP contribution >= 0.6 is 24.0 Å². The van der Waals surface area contributed by atoms with Crippen molar-refractivity contribution >= 4 is 29.9 Å². The molecular weight excluding hydrogens is 458 g/mol. The normalized spacial score (nSPS) is 11.5. The Kier molecular flexibility index (Phi) is 8.70. The van der Waals surface area contributed by atoms with Crippen molar-refractivity contribution in [3.63, 3.8) is 0 Å². The van der Waals surface area contributed by atoms with Crippen LogP contribution in [0.1, 0.15) is 16.7 Å². The van der Waals surface area contributed by atoms with E-state index in [9.17, 15) is 13.2 Å². The number of halogens is 4. The molecule has 0 aliphatic heterocycles. The molecule has 2 aromatic rings. The van der Waals surface area contributed by atoms with Gasteiger partial charge in [-0.1, -0.05) is 24.3 Å². The van der Waals surface area contributed by atoms with Crippen molar-refractivity contribution < 1.29 is 17.9 Å². The van der Waals surface area contributed by atoms with Gasteiger partial charge in [0.1, 0.15) is 5.75 Å². The number of rotatable bonds is 5. The first kappa shape index (κ1) is 22.1. The van der Waals surface area contributed by atoms with E-state index in [-0.39, 0.29) is 30.5 Å². The molecule has 2 rings (SSSR count). The lowest BCUT2D eigenvalue weighted by Crippen LogP contribution is -2.36. The summed E-state index contributed by atoms with van der Waals surface area (Å²) >= 11 is 0. The van der Waals surface area contributed by atoms with Gasteiger partial charge in [-0.2, -0.15) is 13.2 Å². The van der Waals surface area contributed by atoms with Crippen molar-refractivity contribution in [1.29, 1.82) is 0 Å². The Morgan fingerprint density at radius 2 is 1.58 bits per heavy atom. The van der Waals surface area contributed by atoms with E-state index in [0.717, 1.165) is 23.4 Å². The summed E-state index contributed by atoms with van der Waals surface area (Å²) in [4.78, 5) is 4.07. The van der Waals surface area contributed by atoms with E-state index in [0.29, 0.717) is 18.1 Å². The summed E-state index contributed by atoms with van der Waals surface area (Å²) in [5.74, 6) is 1.26. The largest absolute Gasteiger partial charge is 0.497 e. The number of alkyl halides is 3. The second kappa shape index (κ2) is 10.2. The maximum absolute atomic E-state index is 12.7. The number of nitrogens with zero attached hydrogens (tertiary/aromatic N) is 1. The lowest BCUT2D eigenvalue weighted by molar-refractivity contribution is -0.137. The Hall–Kier alpha value is -1.97. The maximum atomic E-state index is 12.7. The summed E-state index contributed by atoms with van der Waals surface area (Å²) in [6.45, 7) is 0.751. The van der Waals surface area contributed by atoms with E-state index in [2.05, 4.69) is 15.6 Å². The van der Waals surface area contributed by atoms with Gasteiger partial charge in [0.25, 0.3) is 0 Å². The Balaban J connectivity index is 0.00000338. The third-order valence-electron chi connectivity index (χ3n) is 3.53. The van der Waals surface area contributed by atoms with Gasteiger partial charge in [0.15, 0.2) is 5.96 Å². The van der Waals surface area contributed by atoms with Crippen LogP contribution in [-0.4, -0.2) is 20.1 Å². The third kappa shape index (κ3) is 6.74. The molecule has 4 nitrogen and oxygen atoms in total. The molecule has 0 aromatic heterocycles. The van der Waals surface area contributed by atoms with Crippen molar-refractivity contribution in [2.45, 2.75) is 19.3 Å². The summed E-state index contributed by atoms with van der Waals surface area (Å²) in [5, 5.41) is 6.12. The zero-order valence-corrected chi connectivity index (χ0v) is 16.8. The molecule has 0 amide bonds. The van der Waals surface area contributed by atoms with Gasteiger partial charge in [0.05, 0.1) is 12.7 Å². The monoisotopic (exact) mass is 479 g/mol. The molecule has 26 heavy (non-hydrogen) atoms. The maximum Gasteiger partial charge on any atom is 0.416 e. The minimum atomic E-state index is -4.34. The predicted molar refractivity (Wildman–Crippen MR) is 107 cm³/mol. The van der Waals surface area contributed by atoms with Crippen molar-refractivity contribution in [2.24, 2.45) is 4.99 Å². The molecule has 0 atom stereocenters. The molecule has 142 valence electrons. The quantitative estimate of drug-likeness (QED) is 0.384. The van der Waals surface area contributed by atoms with Crippen LogP contribution in [0.5, 0.6) is 5.75 Å². The molecule has 0 bridgehead atoms.